The Kier molecular flexibility index (Phi) is 11.0. The van der Waals surface area contributed by atoms with Gasteiger partial charge < -0.3 is 16.0 Å². The molecule has 0 saturated heterocycles. The number of benzene rings is 4. The first kappa shape index (κ1) is 34.3. The number of thioether (sulfide) groups is 1. The number of anilines is 2. The molecule has 0 saturated carbocycles. The lowest BCUT2D eigenvalue weighted by molar-refractivity contribution is -0.385. The van der Waals surface area contributed by atoms with Gasteiger partial charge in [0.25, 0.3) is 17.5 Å². The molecular weight excluding hydrogens is 659 g/mol. The summed E-state index contributed by atoms with van der Waals surface area (Å²) in [6, 6.07) is 31.0. The first-order chi connectivity index (χ1) is 23.6. The van der Waals surface area contributed by atoms with Crippen molar-refractivity contribution in [1.82, 2.24) is 5.32 Å². The fourth-order valence-electron chi connectivity index (χ4n) is 4.70. The van der Waals surface area contributed by atoms with Gasteiger partial charge in [-0.1, -0.05) is 66.2 Å². The number of nitro groups is 1. The maximum Gasteiger partial charge on any atom is 0.276 e. The lowest BCUT2D eigenvalue weighted by atomic mass is 10.0. The van der Waals surface area contributed by atoms with Crippen LogP contribution in [0.5, 0.6) is 0 Å². The quantitative estimate of drug-likeness (QED) is 0.0550. The molecule has 0 spiro atoms. The Labute approximate surface area is 290 Å². The highest BCUT2D eigenvalue weighted by Crippen LogP contribution is 2.36. The van der Waals surface area contributed by atoms with Crippen LogP contribution < -0.4 is 16.0 Å². The lowest BCUT2D eigenvalue weighted by Gasteiger charge is -2.14. The fourth-order valence-corrected chi connectivity index (χ4v) is 6.55. The number of nitrogens with one attached hydrogen (secondary N) is 3. The number of rotatable bonds is 11. The lowest BCUT2D eigenvalue weighted by Crippen LogP contribution is -2.30. The molecule has 1 unspecified atom stereocenters. The molecule has 0 aliphatic heterocycles. The molecule has 244 valence electrons. The summed E-state index contributed by atoms with van der Waals surface area (Å²) in [6.45, 7) is 3.72. The van der Waals surface area contributed by atoms with Gasteiger partial charge in [0, 0.05) is 33.2 Å². The van der Waals surface area contributed by atoms with Gasteiger partial charge in [-0.05, 0) is 61.9 Å². The number of aryl methyl sites for hydroxylation is 1. The smallest absolute Gasteiger partial charge is 0.276 e. The summed E-state index contributed by atoms with van der Waals surface area (Å²) >= 11 is 2.54. The van der Waals surface area contributed by atoms with E-state index in [1.165, 1.54) is 47.4 Å². The van der Waals surface area contributed by atoms with Gasteiger partial charge >= 0.3 is 0 Å². The highest BCUT2D eigenvalue weighted by atomic mass is 32.2. The summed E-state index contributed by atoms with van der Waals surface area (Å²) < 4.78 is 0. The van der Waals surface area contributed by atoms with Gasteiger partial charge in [-0.2, -0.15) is 5.26 Å². The van der Waals surface area contributed by atoms with Crippen molar-refractivity contribution < 1.29 is 19.3 Å². The molecule has 1 atom stereocenters. The summed E-state index contributed by atoms with van der Waals surface area (Å²) in [5.41, 5.74) is 3.50. The number of hydrogen-bond acceptors (Lipinski definition) is 8. The molecule has 0 aliphatic carbocycles. The molecule has 0 fully saturated rings. The van der Waals surface area contributed by atoms with Crippen LogP contribution >= 0.6 is 23.1 Å². The van der Waals surface area contributed by atoms with Crippen LogP contribution in [0.4, 0.5) is 16.4 Å². The second-order valence-electron chi connectivity index (χ2n) is 10.8. The number of nitro benzene ring substituents is 1. The summed E-state index contributed by atoms with van der Waals surface area (Å²) in [7, 11) is 0. The Hall–Kier alpha value is -6.03. The van der Waals surface area contributed by atoms with E-state index in [9.17, 15) is 29.8 Å². The van der Waals surface area contributed by atoms with Crippen LogP contribution in [-0.4, -0.2) is 27.9 Å². The van der Waals surface area contributed by atoms with Gasteiger partial charge in [0.05, 0.1) is 21.3 Å². The van der Waals surface area contributed by atoms with E-state index in [1.807, 2.05) is 36.6 Å². The molecule has 3 amide bonds. The maximum absolute atomic E-state index is 13.5. The zero-order chi connectivity index (χ0) is 34.9. The van der Waals surface area contributed by atoms with Crippen molar-refractivity contribution in [2.75, 3.05) is 10.6 Å². The Morgan fingerprint density at radius 2 is 1.65 bits per heavy atom. The zero-order valence-electron chi connectivity index (χ0n) is 26.3. The van der Waals surface area contributed by atoms with Crippen molar-refractivity contribution in [3.63, 3.8) is 0 Å². The van der Waals surface area contributed by atoms with Gasteiger partial charge in [0.2, 0.25) is 5.91 Å². The number of thiophene rings is 1. The summed E-state index contributed by atoms with van der Waals surface area (Å²) in [6.07, 6.45) is 1.25. The van der Waals surface area contributed by atoms with E-state index in [0.717, 1.165) is 16.7 Å². The van der Waals surface area contributed by atoms with Crippen molar-refractivity contribution in [3.8, 4) is 17.2 Å². The number of hydrogen-bond donors (Lipinski definition) is 3. The Balaban J connectivity index is 1.31. The van der Waals surface area contributed by atoms with Crippen LogP contribution in [0.25, 0.3) is 17.2 Å². The van der Waals surface area contributed by atoms with Crippen LogP contribution in [0.3, 0.4) is 0 Å². The number of carbonyl (C=O) groups is 3. The Morgan fingerprint density at radius 3 is 2.37 bits per heavy atom. The van der Waals surface area contributed by atoms with E-state index in [4.69, 9.17) is 0 Å². The Morgan fingerprint density at radius 1 is 0.939 bits per heavy atom. The maximum atomic E-state index is 13.5. The third kappa shape index (κ3) is 8.66. The molecule has 0 aliphatic rings. The van der Waals surface area contributed by atoms with E-state index in [1.54, 1.807) is 67.6 Å². The van der Waals surface area contributed by atoms with Crippen LogP contribution in [0.15, 0.2) is 119 Å². The molecule has 10 nitrogen and oxygen atoms in total. The number of nitriles is 1. The minimum absolute atomic E-state index is 0.131. The van der Waals surface area contributed by atoms with E-state index >= 15 is 0 Å². The molecule has 1 aromatic heterocycles. The number of amides is 3. The van der Waals surface area contributed by atoms with Gasteiger partial charge in [-0.25, -0.2) is 0 Å². The molecular formula is C37H29N5O5S2. The first-order valence-corrected chi connectivity index (χ1v) is 16.7. The predicted octanol–water partition coefficient (Wildman–Crippen LogP) is 8.03. The summed E-state index contributed by atoms with van der Waals surface area (Å²) in [5, 5.41) is 31.5. The minimum Gasteiger partial charge on any atom is -0.321 e. The van der Waals surface area contributed by atoms with Crippen LogP contribution in [-0.2, 0) is 9.59 Å². The SMILES string of the molecule is Cc1ccc(-c2csc(NC(=O)C(C)Sc3cccc(NC(=O)/C(=C\c4ccccc4[N+](=O)[O-])NC(=O)c4ccccc4)c3)c2C#N)cc1. The molecule has 3 N–H and O–H groups in total. The van der Waals surface area contributed by atoms with Gasteiger partial charge in [-0.15, -0.1) is 23.1 Å². The summed E-state index contributed by atoms with van der Waals surface area (Å²) in [5.74, 6) is -1.57. The fraction of sp³-hybridized carbons (Fsp3) is 0.0811. The van der Waals surface area contributed by atoms with E-state index in [2.05, 4.69) is 22.0 Å². The van der Waals surface area contributed by atoms with Gasteiger partial charge in [0.15, 0.2) is 0 Å². The van der Waals surface area contributed by atoms with Crippen molar-refractivity contribution in [3.05, 3.63) is 147 Å². The molecule has 0 radical (unpaired) electrons. The molecule has 12 heteroatoms. The first-order valence-electron chi connectivity index (χ1n) is 14.9. The minimum atomic E-state index is -0.707. The Bertz CT molecular complexity index is 2100. The average molecular weight is 688 g/mol. The van der Waals surface area contributed by atoms with Crippen molar-refractivity contribution >= 4 is 63.3 Å². The topological polar surface area (TPSA) is 154 Å². The number of para-hydroxylation sites is 1. The van der Waals surface area contributed by atoms with Gasteiger partial charge in [-0.3, -0.25) is 24.5 Å². The largest absolute Gasteiger partial charge is 0.321 e. The molecule has 0 bridgehead atoms. The van der Waals surface area contributed by atoms with E-state index in [-0.39, 0.29) is 22.9 Å². The average Bonchev–Trinajstić information content (AvgIpc) is 3.51. The number of nitrogens with zero attached hydrogens (tertiary/aromatic N) is 2. The predicted molar refractivity (Wildman–Crippen MR) is 193 cm³/mol. The monoisotopic (exact) mass is 687 g/mol. The van der Waals surface area contributed by atoms with Crippen molar-refractivity contribution in [1.29, 1.82) is 5.26 Å². The van der Waals surface area contributed by atoms with E-state index < -0.39 is 22.0 Å². The normalized spacial score (nSPS) is 11.6. The molecule has 1 heterocycles. The molecule has 5 rings (SSSR count). The van der Waals surface area contributed by atoms with Crippen LogP contribution in [0.1, 0.15) is 34.0 Å². The van der Waals surface area contributed by atoms with E-state index in [0.29, 0.717) is 26.7 Å². The summed E-state index contributed by atoms with van der Waals surface area (Å²) in [4.78, 5) is 51.5. The zero-order valence-corrected chi connectivity index (χ0v) is 27.9. The van der Waals surface area contributed by atoms with Crippen LogP contribution in [0, 0.1) is 28.4 Å². The number of carbonyl (C=O) groups excluding carboxylic acids is 3. The third-order valence-corrected chi connectivity index (χ3v) is 9.23. The standard InChI is InChI=1S/C37H29N5O5S2/c1-23-15-17-25(18-16-23)31-22-48-37(30(31)21-38)41-34(43)24(2)49-29-13-8-12-28(20-29)39-36(45)32(40-35(44)26-9-4-3-5-10-26)19-27-11-6-7-14-33(27)42(46)47/h3-20,22,24H,1-2H3,(H,39,45)(H,40,44)(H,41,43)/b32-19+. The van der Waals surface area contributed by atoms with Gasteiger partial charge in [0.1, 0.15) is 16.8 Å². The van der Waals surface area contributed by atoms with Crippen LogP contribution in [0.2, 0.25) is 0 Å². The highest BCUT2D eigenvalue weighted by molar-refractivity contribution is 8.00. The van der Waals surface area contributed by atoms with Crippen molar-refractivity contribution in [2.45, 2.75) is 24.0 Å². The second-order valence-corrected chi connectivity index (χ2v) is 13.1. The third-order valence-electron chi connectivity index (χ3n) is 7.24. The highest BCUT2D eigenvalue weighted by Gasteiger charge is 2.21. The molecule has 5 aromatic rings. The van der Waals surface area contributed by atoms with Crippen molar-refractivity contribution in [2.24, 2.45) is 0 Å². The molecule has 49 heavy (non-hydrogen) atoms. The second kappa shape index (κ2) is 15.7. The molecule has 4 aromatic carbocycles.